The summed E-state index contributed by atoms with van der Waals surface area (Å²) in [5, 5.41) is 9.65. The Morgan fingerprint density at radius 2 is 1.87 bits per heavy atom. The molecule has 0 aliphatic rings. The summed E-state index contributed by atoms with van der Waals surface area (Å²) in [6.45, 7) is 3.38. The Labute approximate surface area is 87.5 Å². The Bertz CT molecular complexity index is 359. The van der Waals surface area contributed by atoms with E-state index in [0.29, 0.717) is 5.56 Å². The van der Waals surface area contributed by atoms with Gasteiger partial charge >= 0.3 is 12.4 Å². The first-order valence-electron chi connectivity index (χ1n) is 4.42. The summed E-state index contributed by atoms with van der Waals surface area (Å²) in [5.74, 6) is -0.702. The second-order valence-electron chi connectivity index (χ2n) is 3.64. The van der Waals surface area contributed by atoms with E-state index in [2.05, 4.69) is 4.74 Å². The Morgan fingerprint density at radius 3 is 2.27 bits per heavy atom. The molecule has 1 N–H and O–H groups in total. The van der Waals surface area contributed by atoms with Crippen molar-refractivity contribution >= 4 is 12.4 Å². The van der Waals surface area contributed by atoms with Crippen molar-refractivity contribution in [3.05, 3.63) is 35.4 Å². The predicted octanol–water partition coefficient (Wildman–Crippen LogP) is 1.23. The van der Waals surface area contributed by atoms with Gasteiger partial charge in [0, 0.05) is 0 Å². The molecule has 0 aromatic heterocycles. The minimum atomic E-state index is -0.951. The average molecular weight is 208 g/mol. The lowest BCUT2D eigenvalue weighted by atomic mass is 9.97. The van der Waals surface area contributed by atoms with Crippen molar-refractivity contribution in [1.29, 1.82) is 0 Å². The summed E-state index contributed by atoms with van der Waals surface area (Å²) in [6, 6.07) is 6.22. The highest BCUT2D eigenvalue weighted by Crippen LogP contribution is 2.19. The molecule has 80 valence electrons. The highest BCUT2D eigenvalue weighted by atomic mass is 16.6. The zero-order chi connectivity index (χ0) is 11.5. The van der Waals surface area contributed by atoms with Gasteiger partial charge in [-0.25, -0.2) is 4.79 Å². The van der Waals surface area contributed by atoms with E-state index >= 15 is 0 Å². The molecule has 0 atom stereocenters. The molecule has 1 aromatic rings. The monoisotopic (exact) mass is 208 g/mol. The number of carbonyl (C=O) groups is 2. The van der Waals surface area contributed by atoms with Crippen molar-refractivity contribution in [3.8, 4) is 0 Å². The molecular weight excluding hydrogens is 196 g/mol. The van der Waals surface area contributed by atoms with Gasteiger partial charge in [-0.05, 0) is 31.5 Å². The fraction of sp³-hybridized carbons (Fsp3) is 0.273. The number of rotatable bonds is 3. The first-order valence-corrected chi connectivity index (χ1v) is 4.42. The number of hydrogen-bond donors (Lipinski definition) is 1. The molecule has 0 heterocycles. The predicted molar refractivity (Wildman–Crippen MR) is 53.2 cm³/mol. The molecule has 0 bridgehead atoms. The molecule has 0 amide bonds. The molecule has 0 saturated heterocycles. The van der Waals surface area contributed by atoms with Crippen LogP contribution in [0.25, 0.3) is 0 Å². The van der Waals surface area contributed by atoms with E-state index in [4.69, 9.17) is 0 Å². The van der Waals surface area contributed by atoms with Crippen LogP contribution in [0.15, 0.2) is 24.3 Å². The molecule has 0 saturated carbocycles. The maximum Gasteiger partial charge on any atom is 0.345 e. The molecule has 0 unspecified atom stereocenters. The number of carbonyl (C=O) groups excluding carboxylic acids is 2. The smallest absolute Gasteiger partial charge is 0.345 e. The lowest BCUT2D eigenvalue weighted by Gasteiger charge is -2.17. The first-order chi connectivity index (χ1) is 6.95. The summed E-state index contributed by atoms with van der Waals surface area (Å²) >= 11 is 0. The van der Waals surface area contributed by atoms with Crippen LogP contribution in [0.2, 0.25) is 0 Å². The van der Waals surface area contributed by atoms with Crippen LogP contribution in [0, 0.1) is 0 Å². The molecule has 0 fully saturated rings. The second-order valence-corrected chi connectivity index (χ2v) is 3.64. The Kier molecular flexibility index (Phi) is 3.21. The van der Waals surface area contributed by atoms with Crippen LogP contribution in [0.1, 0.15) is 29.8 Å². The third-order valence-corrected chi connectivity index (χ3v) is 1.98. The fourth-order valence-electron chi connectivity index (χ4n) is 1.13. The van der Waals surface area contributed by atoms with E-state index in [1.54, 1.807) is 26.0 Å². The largest absolute Gasteiger partial charge is 0.392 e. The van der Waals surface area contributed by atoms with Crippen molar-refractivity contribution in [2.45, 2.75) is 19.4 Å². The first kappa shape index (κ1) is 11.4. The molecule has 1 aromatic carbocycles. The van der Waals surface area contributed by atoms with Crippen molar-refractivity contribution in [3.63, 3.8) is 0 Å². The zero-order valence-electron chi connectivity index (χ0n) is 8.56. The van der Waals surface area contributed by atoms with E-state index in [9.17, 15) is 14.7 Å². The van der Waals surface area contributed by atoms with Gasteiger partial charge in [0.05, 0.1) is 11.2 Å². The minimum absolute atomic E-state index is 0.0895. The van der Waals surface area contributed by atoms with Crippen molar-refractivity contribution in [1.82, 2.24) is 0 Å². The van der Waals surface area contributed by atoms with Gasteiger partial charge in [-0.15, -0.1) is 0 Å². The van der Waals surface area contributed by atoms with Crippen LogP contribution in [0.3, 0.4) is 0 Å². The quantitative estimate of drug-likeness (QED) is 0.461. The van der Waals surface area contributed by atoms with Gasteiger partial charge in [0.25, 0.3) is 0 Å². The minimum Gasteiger partial charge on any atom is -0.392 e. The number of aliphatic hydroxyl groups is 1. The van der Waals surface area contributed by atoms with Crippen LogP contribution < -0.4 is 0 Å². The maximum absolute atomic E-state index is 11.1. The van der Waals surface area contributed by atoms with Gasteiger partial charge in [0.2, 0.25) is 0 Å². The lowest BCUT2D eigenvalue weighted by Crippen LogP contribution is -2.15. The zero-order valence-corrected chi connectivity index (χ0v) is 8.56. The third kappa shape index (κ3) is 2.89. The molecular formula is C11H12O4. The average Bonchev–Trinajstić information content (AvgIpc) is 2.17. The Morgan fingerprint density at radius 1 is 1.33 bits per heavy atom. The second kappa shape index (κ2) is 4.23. The van der Waals surface area contributed by atoms with Gasteiger partial charge in [0.15, 0.2) is 0 Å². The van der Waals surface area contributed by atoms with Crippen molar-refractivity contribution in [2.75, 3.05) is 0 Å². The van der Waals surface area contributed by atoms with Crippen molar-refractivity contribution < 1.29 is 19.4 Å². The Balaban J connectivity index is 2.90. The number of esters is 1. The highest BCUT2D eigenvalue weighted by molar-refractivity contribution is 5.92. The van der Waals surface area contributed by atoms with Gasteiger partial charge in [-0.1, -0.05) is 12.1 Å². The number of ether oxygens (including phenoxy) is 1. The molecule has 4 nitrogen and oxygen atoms in total. The van der Waals surface area contributed by atoms with Crippen molar-refractivity contribution in [2.24, 2.45) is 0 Å². The molecule has 0 spiro atoms. The topological polar surface area (TPSA) is 63.6 Å². The summed E-state index contributed by atoms with van der Waals surface area (Å²) in [6.07, 6.45) is 0. The van der Waals surface area contributed by atoms with E-state index < -0.39 is 11.6 Å². The summed E-state index contributed by atoms with van der Waals surface area (Å²) < 4.78 is 4.17. The molecule has 0 aliphatic heterocycles. The van der Waals surface area contributed by atoms with E-state index in [1.807, 2.05) is 0 Å². The van der Waals surface area contributed by atoms with Crippen LogP contribution in [0.4, 0.5) is 0 Å². The van der Waals surface area contributed by atoms with Gasteiger partial charge in [-0.2, -0.15) is 0 Å². The van der Waals surface area contributed by atoms with Gasteiger partial charge in [-0.3, -0.25) is 4.79 Å². The van der Waals surface area contributed by atoms with Gasteiger partial charge in [0.1, 0.15) is 0 Å². The molecule has 4 heteroatoms. The summed E-state index contributed by atoms with van der Waals surface area (Å²) in [4.78, 5) is 21.0. The fourth-order valence-corrected chi connectivity index (χ4v) is 1.13. The molecule has 0 radical (unpaired) electrons. The standard InChI is InChI=1S/C11H12O4/c1-11(2,14)9-5-3-8(4-6-9)10(13)15-7-12/h3-7,14H,1-2H3. The number of benzene rings is 1. The van der Waals surface area contributed by atoms with E-state index in [1.165, 1.54) is 12.1 Å². The maximum atomic E-state index is 11.1. The van der Waals surface area contributed by atoms with Gasteiger partial charge < -0.3 is 9.84 Å². The van der Waals surface area contributed by atoms with E-state index in [-0.39, 0.29) is 12.0 Å². The third-order valence-electron chi connectivity index (χ3n) is 1.98. The SMILES string of the molecule is CC(C)(O)c1ccc(C(=O)OC=O)cc1. The summed E-state index contributed by atoms with van der Waals surface area (Å²) in [7, 11) is 0. The van der Waals surface area contributed by atoms with Crippen LogP contribution in [0.5, 0.6) is 0 Å². The molecule has 1 rings (SSSR count). The Hall–Kier alpha value is -1.68. The molecule has 0 aliphatic carbocycles. The summed E-state index contributed by atoms with van der Waals surface area (Å²) in [5.41, 5.74) is 0.00727. The van der Waals surface area contributed by atoms with Crippen LogP contribution >= 0.6 is 0 Å². The normalized spacial score (nSPS) is 10.9. The number of hydrogen-bond acceptors (Lipinski definition) is 4. The van der Waals surface area contributed by atoms with E-state index in [0.717, 1.165) is 0 Å². The lowest BCUT2D eigenvalue weighted by molar-refractivity contribution is -0.123. The highest BCUT2D eigenvalue weighted by Gasteiger charge is 2.16. The van der Waals surface area contributed by atoms with Crippen LogP contribution in [-0.4, -0.2) is 17.5 Å². The molecule has 15 heavy (non-hydrogen) atoms. The van der Waals surface area contributed by atoms with Crippen LogP contribution in [-0.2, 0) is 15.1 Å².